The Labute approximate surface area is 150 Å². The number of rotatable bonds is 3. The van der Waals surface area contributed by atoms with E-state index in [-0.39, 0.29) is 23.5 Å². The Hall–Kier alpha value is -1.12. The van der Waals surface area contributed by atoms with Crippen molar-refractivity contribution in [3.05, 3.63) is 16.6 Å². The Bertz CT molecular complexity index is 766. The second kappa shape index (κ2) is 6.65. The van der Waals surface area contributed by atoms with Crippen LogP contribution in [0.4, 0.5) is 5.69 Å². The third-order valence-corrected chi connectivity index (χ3v) is 7.42. The fourth-order valence-electron chi connectivity index (χ4n) is 3.30. The summed E-state index contributed by atoms with van der Waals surface area (Å²) in [6.07, 6.45) is 3.01. The number of hydrogen-bond donors (Lipinski definition) is 2. The van der Waals surface area contributed by atoms with Gasteiger partial charge in [-0.2, -0.15) is 0 Å². The van der Waals surface area contributed by atoms with Gasteiger partial charge in [0, 0.05) is 16.6 Å². The van der Waals surface area contributed by atoms with E-state index < -0.39 is 10.0 Å². The van der Waals surface area contributed by atoms with E-state index in [2.05, 4.69) is 39.8 Å². The molecule has 0 aromatic heterocycles. The molecule has 3 atom stereocenters. The van der Waals surface area contributed by atoms with Crippen LogP contribution in [0, 0.1) is 11.8 Å². The van der Waals surface area contributed by atoms with E-state index in [1.54, 1.807) is 6.07 Å². The van der Waals surface area contributed by atoms with Gasteiger partial charge >= 0.3 is 0 Å². The molecule has 1 aliphatic heterocycles. The van der Waals surface area contributed by atoms with E-state index in [0.29, 0.717) is 27.7 Å². The van der Waals surface area contributed by atoms with Crippen LogP contribution in [-0.4, -0.2) is 27.0 Å². The molecule has 2 N–H and O–H groups in total. The summed E-state index contributed by atoms with van der Waals surface area (Å²) in [5, 5.41) is 2.66. The lowest BCUT2D eigenvalue weighted by molar-refractivity contribution is -0.118. The molecule has 0 spiro atoms. The number of nitrogens with one attached hydrogen (secondary N) is 2. The Morgan fingerprint density at radius 3 is 2.79 bits per heavy atom. The third kappa shape index (κ3) is 3.45. The highest BCUT2D eigenvalue weighted by molar-refractivity contribution is 9.10. The molecule has 0 unspecified atom stereocenters. The summed E-state index contributed by atoms with van der Waals surface area (Å²) in [6, 6.07) is 2.95. The molecule has 3 rings (SSSR count). The van der Waals surface area contributed by atoms with Crippen LogP contribution in [0.1, 0.15) is 33.1 Å². The minimum absolute atomic E-state index is 0.0673. The highest BCUT2D eigenvalue weighted by Crippen LogP contribution is 2.37. The summed E-state index contributed by atoms with van der Waals surface area (Å²) in [7, 11) is -3.68. The Morgan fingerprint density at radius 1 is 1.29 bits per heavy atom. The zero-order valence-corrected chi connectivity index (χ0v) is 16.0. The molecular weight excluding hydrogens is 396 g/mol. The van der Waals surface area contributed by atoms with Gasteiger partial charge in [-0.1, -0.05) is 26.7 Å². The molecule has 1 saturated carbocycles. The normalized spacial score (nSPS) is 27.1. The zero-order chi connectivity index (χ0) is 17.5. The smallest absolute Gasteiger partial charge is 0.262 e. The summed E-state index contributed by atoms with van der Waals surface area (Å²) < 4.78 is 34.3. The maximum atomic E-state index is 12.8. The first-order valence-electron chi connectivity index (χ1n) is 8.06. The van der Waals surface area contributed by atoms with Gasteiger partial charge in [-0.25, -0.2) is 13.1 Å². The molecule has 0 radical (unpaired) electrons. The van der Waals surface area contributed by atoms with E-state index in [1.165, 1.54) is 6.07 Å². The van der Waals surface area contributed by atoms with Gasteiger partial charge in [-0.15, -0.1) is 0 Å². The van der Waals surface area contributed by atoms with Crippen molar-refractivity contribution in [2.24, 2.45) is 11.8 Å². The van der Waals surface area contributed by atoms with Crippen LogP contribution in [0.2, 0.25) is 0 Å². The average molecular weight is 417 g/mol. The van der Waals surface area contributed by atoms with Gasteiger partial charge in [0.25, 0.3) is 5.91 Å². The van der Waals surface area contributed by atoms with Crippen LogP contribution in [0.25, 0.3) is 0 Å². The minimum atomic E-state index is -3.68. The zero-order valence-electron chi connectivity index (χ0n) is 13.6. The van der Waals surface area contributed by atoms with E-state index >= 15 is 0 Å². The van der Waals surface area contributed by atoms with E-state index in [1.807, 2.05) is 0 Å². The fraction of sp³-hybridized carbons (Fsp3) is 0.562. The molecule has 2 aliphatic rings. The van der Waals surface area contributed by atoms with E-state index in [0.717, 1.165) is 19.3 Å². The number of ether oxygens (including phenoxy) is 1. The monoisotopic (exact) mass is 416 g/mol. The number of anilines is 1. The summed E-state index contributed by atoms with van der Waals surface area (Å²) in [5.74, 6) is 0.897. The number of amides is 1. The van der Waals surface area contributed by atoms with Crippen LogP contribution >= 0.6 is 15.9 Å². The molecule has 1 heterocycles. The SMILES string of the molecule is C[C@@H]1[C@H](C)CCC[C@@H]1NS(=O)(=O)c1cc2c(cc1Br)NC(=O)CO2. The first-order valence-corrected chi connectivity index (χ1v) is 10.3. The van der Waals surface area contributed by atoms with Crippen LogP contribution in [-0.2, 0) is 14.8 Å². The first-order chi connectivity index (χ1) is 11.3. The van der Waals surface area contributed by atoms with Crippen molar-refractivity contribution in [2.45, 2.75) is 44.0 Å². The van der Waals surface area contributed by atoms with Crippen molar-refractivity contribution in [3.63, 3.8) is 0 Å². The number of carbonyl (C=O) groups is 1. The van der Waals surface area contributed by atoms with Crippen molar-refractivity contribution >= 4 is 37.5 Å². The van der Waals surface area contributed by atoms with Gasteiger partial charge in [0.1, 0.15) is 10.6 Å². The molecule has 8 heteroatoms. The van der Waals surface area contributed by atoms with Gasteiger partial charge in [-0.05, 0) is 40.3 Å². The van der Waals surface area contributed by atoms with Gasteiger partial charge in [0.05, 0.1) is 5.69 Å². The number of fused-ring (bicyclic) bond motifs is 1. The molecule has 1 aromatic rings. The van der Waals surface area contributed by atoms with Crippen LogP contribution < -0.4 is 14.8 Å². The van der Waals surface area contributed by atoms with Gasteiger partial charge in [0.15, 0.2) is 6.61 Å². The van der Waals surface area contributed by atoms with Crippen molar-refractivity contribution in [3.8, 4) is 5.75 Å². The maximum Gasteiger partial charge on any atom is 0.262 e. The number of hydrogen-bond acceptors (Lipinski definition) is 4. The summed E-state index contributed by atoms with van der Waals surface area (Å²) >= 11 is 3.30. The summed E-state index contributed by atoms with van der Waals surface area (Å²) in [5.41, 5.74) is 0.469. The molecule has 1 aliphatic carbocycles. The standard InChI is InChI=1S/C16H21BrN2O4S/c1-9-4-3-5-12(10(9)2)19-24(21,22)15-7-14-13(6-11(15)17)18-16(20)8-23-14/h6-7,9-10,12,19H,3-5,8H2,1-2H3,(H,18,20)/t9-,10-,12+/m1/s1. The highest BCUT2D eigenvalue weighted by atomic mass is 79.9. The largest absolute Gasteiger partial charge is 0.482 e. The summed E-state index contributed by atoms with van der Waals surface area (Å²) in [4.78, 5) is 11.5. The Balaban J connectivity index is 1.88. The quantitative estimate of drug-likeness (QED) is 0.792. The molecular formula is C16H21BrN2O4S. The lowest BCUT2D eigenvalue weighted by atomic mass is 9.78. The molecule has 1 fully saturated rings. The van der Waals surface area contributed by atoms with E-state index in [9.17, 15) is 13.2 Å². The second-order valence-electron chi connectivity index (χ2n) is 6.61. The average Bonchev–Trinajstić information content (AvgIpc) is 2.50. The lowest BCUT2D eigenvalue weighted by Gasteiger charge is -2.34. The first kappa shape index (κ1) is 17.7. The Kier molecular flexibility index (Phi) is 4.90. The third-order valence-electron chi connectivity index (χ3n) is 4.97. The van der Waals surface area contributed by atoms with Gasteiger partial charge in [0.2, 0.25) is 10.0 Å². The molecule has 132 valence electrons. The molecule has 1 amide bonds. The van der Waals surface area contributed by atoms with Crippen LogP contribution in [0.3, 0.4) is 0 Å². The molecule has 0 bridgehead atoms. The minimum Gasteiger partial charge on any atom is -0.482 e. The maximum absolute atomic E-state index is 12.8. The van der Waals surface area contributed by atoms with Gasteiger partial charge < -0.3 is 10.1 Å². The topological polar surface area (TPSA) is 84.5 Å². The van der Waals surface area contributed by atoms with Gasteiger partial charge in [-0.3, -0.25) is 4.79 Å². The van der Waals surface area contributed by atoms with Crippen LogP contribution in [0.15, 0.2) is 21.5 Å². The number of halogens is 1. The predicted octanol–water partition coefficient (Wildman–Crippen LogP) is 2.88. The predicted molar refractivity (Wildman–Crippen MR) is 94.6 cm³/mol. The molecule has 0 saturated heterocycles. The van der Waals surface area contributed by atoms with Crippen molar-refractivity contribution in [2.75, 3.05) is 11.9 Å². The molecule has 24 heavy (non-hydrogen) atoms. The Morgan fingerprint density at radius 2 is 2.04 bits per heavy atom. The molecule has 6 nitrogen and oxygen atoms in total. The van der Waals surface area contributed by atoms with Crippen LogP contribution in [0.5, 0.6) is 5.75 Å². The van der Waals surface area contributed by atoms with Crippen molar-refractivity contribution in [1.82, 2.24) is 4.72 Å². The van der Waals surface area contributed by atoms with E-state index in [4.69, 9.17) is 4.74 Å². The summed E-state index contributed by atoms with van der Waals surface area (Å²) in [6.45, 7) is 4.15. The number of benzene rings is 1. The van der Waals surface area contributed by atoms with Crippen molar-refractivity contribution in [1.29, 1.82) is 0 Å². The second-order valence-corrected chi connectivity index (χ2v) is 9.15. The fourth-order valence-corrected chi connectivity index (χ4v) is 5.72. The highest BCUT2D eigenvalue weighted by Gasteiger charge is 2.32. The molecule has 1 aromatic carbocycles. The number of sulfonamides is 1. The number of carbonyl (C=O) groups excluding carboxylic acids is 1. The lowest BCUT2D eigenvalue weighted by Crippen LogP contribution is -2.43. The van der Waals surface area contributed by atoms with Crippen molar-refractivity contribution < 1.29 is 17.9 Å².